The summed E-state index contributed by atoms with van der Waals surface area (Å²) in [5.41, 5.74) is 0. The van der Waals surface area contributed by atoms with E-state index in [2.05, 4.69) is 9.93 Å². The lowest BCUT2D eigenvalue weighted by Crippen LogP contribution is -2.21. The van der Waals surface area contributed by atoms with Crippen molar-refractivity contribution in [3.63, 3.8) is 0 Å². The van der Waals surface area contributed by atoms with Gasteiger partial charge in [0.15, 0.2) is 0 Å². The zero-order valence-electron chi connectivity index (χ0n) is 5.35. The molecule has 0 aliphatic carbocycles. The van der Waals surface area contributed by atoms with Gasteiger partial charge in [-0.1, -0.05) is 0 Å². The van der Waals surface area contributed by atoms with E-state index in [1.54, 1.807) is 6.07 Å². The van der Waals surface area contributed by atoms with Crippen LogP contribution in [0.4, 0.5) is 0 Å². The first-order valence-corrected chi connectivity index (χ1v) is 4.44. The molecule has 1 N–H and O–H groups in total. The lowest BCUT2D eigenvalue weighted by atomic mass is 10.8. The van der Waals surface area contributed by atoms with E-state index in [1.807, 2.05) is 0 Å². The van der Waals surface area contributed by atoms with E-state index in [0.717, 1.165) is 11.0 Å². The maximum absolute atomic E-state index is 10.5. The van der Waals surface area contributed by atoms with Crippen LogP contribution in [0.15, 0.2) is 18.5 Å². The van der Waals surface area contributed by atoms with Crippen molar-refractivity contribution in [2.75, 3.05) is 11.1 Å². The summed E-state index contributed by atoms with van der Waals surface area (Å²) in [5, 5.41) is 3.63. The number of aromatic nitrogens is 2. The van der Waals surface area contributed by atoms with Gasteiger partial charge in [0.05, 0.1) is 12.5 Å². The number of rotatable bonds is 2. The molecule has 0 amide bonds. The summed E-state index contributed by atoms with van der Waals surface area (Å²) in [7, 11) is -3.20. The Morgan fingerprint density at radius 2 is 2.30 bits per heavy atom. The minimum absolute atomic E-state index is 1.06. The Bertz CT molecular complexity index is 288. The smallest absolute Gasteiger partial charge is 0.206 e. The third kappa shape index (κ3) is 2.06. The van der Waals surface area contributed by atoms with Crippen LogP contribution >= 0.6 is 0 Å². The van der Waals surface area contributed by atoms with E-state index < -0.39 is 10.0 Å². The van der Waals surface area contributed by atoms with Crippen molar-refractivity contribution in [2.24, 2.45) is 0 Å². The van der Waals surface area contributed by atoms with E-state index >= 15 is 0 Å². The van der Waals surface area contributed by atoms with Crippen LogP contribution in [0.3, 0.4) is 0 Å². The Kier molecular flexibility index (Phi) is 1.62. The second-order valence-corrected chi connectivity index (χ2v) is 3.54. The standard InChI is InChI=1S/C4H7N3O2S/c1-10(8,9)6-7-4-2-3-5-7/h2-4,6H,1H3. The van der Waals surface area contributed by atoms with Gasteiger partial charge in [-0.25, -0.2) is 13.2 Å². The first kappa shape index (κ1) is 7.07. The van der Waals surface area contributed by atoms with E-state index in [-0.39, 0.29) is 0 Å². The van der Waals surface area contributed by atoms with Gasteiger partial charge in [0.2, 0.25) is 10.0 Å². The lowest BCUT2D eigenvalue weighted by molar-refractivity contribution is 0.597. The fourth-order valence-corrected chi connectivity index (χ4v) is 0.941. The predicted octanol–water partition coefficient (Wildman–Crippen LogP) is -0.614. The molecule has 0 spiro atoms. The van der Waals surface area contributed by atoms with E-state index in [4.69, 9.17) is 0 Å². The SMILES string of the molecule is CS(=O)(=O)Nn1cccn1. The molecular formula is C4H7N3O2S. The highest BCUT2D eigenvalue weighted by molar-refractivity contribution is 7.91. The summed E-state index contributed by atoms with van der Waals surface area (Å²) >= 11 is 0. The highest BCUT2D eigenvalue weighted by Gasteiger charge is 1.97. The molecule has 1 heterocycles. The van der Waals surface area contributed by atoms with Gasteiger partial charge in [-0.2, -0.15) is 9.89 Å². The van der Waals surface area contributed by atoms with Gasteiger partial charge in [-0.3, -0.25) is 0 Å². The summed E-state index contributed by atoms with van der Waals surface area (Å²) in [6.07, 6.45) is 4.05. The topological polar surface area (TPSA) is 64.0 Å². The molecule has 0 saturated carbocycles. The van der Waals surface area contributed by atoms with Gasteiger partial charge in [0, 0.05) is 6.20 Å². The Morgan fingerprint density at radius 1 is 1.60 bits per heavy atom. The highest BCUT2D eigenvalue weighted by Crippen LogP contribution is 1.81. The van der Waals surface area contributed by atoms with Gasteiger partial charge >= 0.3 is 0 Å². The van der Waals surface area contributed by atoms with Gasteiger partial charge < -0.3 is 0 Å². The van der Waals surface area contributed by atoms with Crippen LogP contribution in [0.5, 0.6) is 0 Å². The van der Waals surface area contributed by atoms with Crippen molar-refractivity contribution in [3.8, 4) is 0 Å². The van der Waals surface area contributed by atoms with Crippen molar-refractivity contribution in [1.82, 2.24) is 9.89 Å². The molecule has 0 bridgehead atoms. The second-order valence-electron chi connectivity index (χ2n) is 1.81. The van der Waals surface area contributed by atoms with Crippen LogP contribution in [-0.4, -0.2) is 24.6 Å². The zero-order valence-corrected chi connectivity index (χ0v) is 6.17. The van der Waals surface area contributed by atoms with Gasteiger partial charge in [0.1, 0.15) is 0 Å². The summed E-state index contributed by atoms with van der Waals surface area (Å²) in [4.78, 5) is 3.26. The first-order valence-electron chi connectivity index (χ1n) is 2.55. The average Bonchev–Trinajstić information content (AvgIpc) is 2.12. The molecule has 0 aromatic carbocycles. The fourth-order valence-electron chi connectivity index (χ4n) is 0.493. The summed E-state index contributed by atoms with van der Waals surface area (Å²) in [6, 6.07) is 1.62. The Hall–Kier alpha value is -1.04. The van der Waals surface area contributed by atoms with Crippen molar-refractivity contribution in [1.29, 1.82) is 0 Å². The quantitative estimate of drug-likeness (QED) is 0.629. The van der Waals surface area contributed by atoms with E-state index in [1.165, 1.54) is 12.4 Å². The molecule has 56 valence electrons. The predicted molar refractivity (Wildman–Crippen MR) is 36.4 cm³/mol. The molecule has 6 heteroatoms. The minimum atomic E-state index is -3.20. The van der Waals surface area contributed by atoms with Crippen LogP contribution in [0.2, 0.25) is 0 Å². The number of nitrogens with zero attached hydrogens (tertiary/aromatic N) is 2. The maximum Gasteiger partial charge on any atom is 0.244 e. The summed E-state index contributed by atoms with van der Waals surface area (Å²) in [6.45, 7) is 0. The number of sulfonamides is 1. The molecule has 1 aromatic heterocycles. The molecule has 0 saturated heterocycles. The normalized spacial score (nSPS) is 11.3. The van der Waals surface area contributed by atoms with Crippen LogP contribution in [0.25, 0.3) is 0 Å². The Balaban J connectivity index is 2.75. The van der Waals surface area contributed by atoms with Gasteiger partial charge in [0.25, 0.3) is 0 Å². The van der Waals surface area contributed by atoms with Crippen LogP contribution in [-0.2, 0) is 10.0 Å². The molecule has 0 unspecified atom stereocenters. The molecule has 1 aromatic rings. The zero-order chi connectivity index (χ0) is 7.61. The molecular weight excluding hydrogens is 154 g/mol. The van der Waals surface area contributed by atoms with Crippen molar-refractivity contribution in [2.45, 2.75) is 0 Å². The summed E-state index contributed by atoms with van der Waals surface area (Å²) in [5.74, 6) is 0. The molecule has 0 atom stereocenters. The Morgan fingerprint density at radius 3 is 2.70 bits per heavy atom. The first-order chi connectivity index (χ1) is 4.58. The van der Waals surface area contributed by atoms with Crippen LogP contribution in [0.1, 0.15) is 0 Å². The molecule has 0 radical (unpaired) electrons. The molecule has 10 heavy (non-hydrogen) atoms. The van der Waals surface area contributed by atoms with Crippen molar-refractivity contribution in [3.05, 3.63) is 18.5 Å². The molecule has 0 fully saturated rings. The monoisotopic (exact) mass is 161 g/mol. The average molecular weight is 161 g/mol. The Labute approximate surface area is 58.7 Å². The van der Waals surface area contributed by atoms with Crippen molar-refractivity contribution >= 4 is 10.0 Å². The third-order valence-corrected chi connectivity index (χ3v) is 1.28. The largest absolute Gasteiger partial charge is 0.244 e. The second kappa shape index (κ2) is 2.30. The molecule has 1 rings (SSSR count). The van der Waals surface area contributed by atoms with Crippen LogP contribution < -0.4 is 4.83 Å². The highest BCUT2D eigenvalue weighted by atomic mass is 32.2. The molecule has 0 aliphatic rings. The summed E-state index contributed by atoms with van der Waals surface area (Å²) < 4.78 is 21.1. The van der Waals surface area contributed by atoms with Crippen molar-refractivity contribution < 1.29 is 8.42 Å². The van der Waals surface area contributed by atoms with Gasteiger partial charge in [-0.15, -0.1) is 0 Å². The van der Waals surface area contributed by atoms with E-state index in [0.29, 0.717) is 0 Å². The lowest BCUT2D eigenvalue weighted by Gasteiger charge is -2.00. The number of nitrogens with one attached hydrogen (secondary N) is 1. The fraction of sp³-hybridized carbons (Fsp3) is 0.250. The van der Waals surface area contributed by atoms with Gasteiger partial charge in [-0.05, 0) is 6.07 Å². The number of hydrogen-bond donors (Lipinski definition) is 1. The van der Waals surface area contributed by atoms with E-state index in [9.17, 15) is 8.42 Å². The number of hydrogen-bond acceptors (Lipinski definition) is 3. The van der Waals surface area contributed by atoms with Crippen LogP contribution in [0, 0.1) is 0 Å². The molecule has 0 aliphatic heterocycles. The third-order valence-electron chi connectivity index (χ3n) is 0.764. The maximum atomic E-state index is 10.5. The molecule has 5 nitrogen and oxygen atoms in total. The minimum Gasteiger partial charge on any atom is -0.206 e.